The standard InChI is InChI=1S/C17H19BrN4O3/c1-24-14-4-3-12(9-15(14)25-2)16(23)21-5-7-22(8-6-21)17-19-10-13(18)11-20-17/h3-4,9-11H,5-8H2,1-2H3. The van der Waals surface area contributed by atoms with Crippen LogP contribution in [0.5, 0.6) is 11.5 Å². The molecule has 8 heteroatoms. The van der Waals surface area contributed by atoms with Crippen LogP contribution in [-0.4, -0.2) is 61.2 Å². The van der Waals surface area contributed by atoms with E-state index in [2.05, 4.69) is 30.8 Å². The number of hydrogen-bond acceptors (Lipinski definition) is 6. The zero-order valence-corrected chi connectivity index (χ0v) is 15.7. The Kier molecular flexibility index (Phi) is 5.37. The van der Waals surface area contributed by atoms with Gasteiger partial charge in [-0.2, -0.15) is 0 Å². The third-order valence-electron chi connectivity index (χ3n) is 4.09. The van der Waals surface area contributed by atoms with Crippen molar-refractivity contribution in [2.75, 3.05) is 45.3 Å². The predicted molar refractivity (Wildman–Crippen MR) is 97.4 cm³/mol. The number of methoxy groups -OCH3 is 2. The predicted octanol–water partition coefficient (Wildman–Crippen LogP) is 2.22. The number of benzene rings is 1. The SMILES string of the molecule is COc1ccc(C(=O)N2CCN(c3ncc(Br)cn3)CC2)cc1OC. The van der Waals surface area contributed by atoms with Crippen molar-refractivity contribution in [1.82, 2.24) is 14.9 Å². The lowest BCUT2D eigenvalue weighted by atomic mass is 10.1. The quantitative estimate of drug-likeness (QED) is 0.775. The molecule has 0 unspecified atom stereocenters. The molecule has 1 aromatic heterocycles. The Labute approximate surface area is 154 Å². The molecule has 2 heterocycles. The second-order valence-electron chi connectivity index (χ2n) is 5.55. The zero-order valence-electron chi connectivity index (χ0n) is 14.1. The van der Waals surface area contributed by atoms with Crippen LogP contribution in [0.1, 0.15) is 10.4 Å². The summed E-state index contributed by atoms with van der Waals surface area (Å²) in [5.74, 6) is 1.82. The maximum atomic E-state index is 12.7. The van der Waals surface area contributed by atoms with E-state index < -0.39 is 0 Å². The first kappa shape index (κ1) is 17.5. The monoisotopic (exact) mass is 406 g/mol. The molecule has 0 aliphatic carbocycles. The molecule has 0 spiro atoms. The molecule has 0 bridgehead atoms. The van der Waals surface area contributed by atoms with E-state index in [4.69, 9.17) is 9.47 Å². The Morgan fingerprint density at radius 3 is 2.28 bits per heavy atom. The first-order valence-electron chi connectivity index (χ1n) is 7.86. The van der Waals surface area contributed by atoms with Crippen molar-refractivity contribution in [1.29, 1.82) is 0 Å². The van der Waals surface area contributed by atoms with E-state index in [9.17, 15) is 4.79 Å². The lowest BCUT2D eigenvalue weighted by Gasteiger charge is -2.34. The number of anilines is 1. The Morgan fingerprint density at radius 1 is 1.04 bits per heavy atom. The van der Waals surface area contributed by atoms with Gasteiger partial charge in [0.1, 0.15) is 0 Å². The molecular weight excluding hydrogens is 388 g/mol. The van der Waals surface area contributed by atoms with E-state index in [0.29, 0.717) is 49.2 Å². The number of rotatable bonds is 4. The van der Waals surface area contributed by atoms with Gasteiger partial charge in [0.25, 0.3) is 5.91 Å². The summed E-state index contributed by atoms with van der Waals surface area (Å²) in [7, 11) is 3.13. The summed E-state index contributed by atoms with van der Waals surface area (Å²) in [5, 5.41) is 0. The lowest BCUT2D eigenvalue weighted by Crippen LogP contribution is -2.49. The highest BCUT2D eigenvalue weighted by Gasteiger charge is 2.24. The lowest BCUT2D eigenvalue weighted by molar-refractivity contribution is 0.0746. The van der Waals surface area contributed by atoms with Gasteiger partial charge >= 0.3 is 0 Å². The van der Waals surface area contributed by atoms with Gasteiger partial charge in [-0.05, 0) is 34.1 Å². The molecule has 0 radical (unpaired) electrons. The van der Waals surface area contributed by atoms with Crippen LogP contribution in [0.15, 0.2) is 35.1 Å². The molecule has 1 aromatic carbocycles. The Balaban J connectivity index is 1.66. The van der Waals surface area contributed by atoms with E-state index in [0.717, 1.165) is 4.47 Å². The highest BCUT2D eigenvalue weighted by atomic mass is 79.9. The first-order valence-corrected chi connectivity index (χ1v) is 8.65. The van der Waals surface area contributed by atoms with Gasteiger partial charge in [-0.1, -0.05) is 0 Å². The second-order valence-corrected chi connectivity index (χ2v) is 6.47. The molecule has 1 aliphatic heterocycles. The van der Waals surface area contributed by atoms with Crippen LogP contribution in [0, 0.1) is 0 Å². The molecule has 132 valence electrons. The van der Waals surface area contributed by atoms with Crippen molar-refractivity contribution in [2.24, 2.45) is 0 Å². The summed E-state index contributed by atoms with van der Waals surface area (Å²) in [6.07, 6.45) is 3.45. The van der Waals surface area contributed by atoms with E-state index >= 15 is 0 Å². The normalized spacial score (nSPS) is 14.4. The van der Waals surface area contributed by atoms with Gasteiger partial charge in [0.15, 0.2) is 11.5 Å². The van der Waals surface area contributed by atoms with Crippen LogP contribution < -0.4 is 14.4 Å². The van der Waals surface area contributed by atoms with Crippen molar-refractivity contribution >= 4 is 27.8 Å². The molecule has 0 saturated carbocycles. The number of piperazine rings is 1. The summed E-state index contributed by atoms with van der Waals surface area (Å²) in [4.78, 5) is 25.2. The van der Waals surface area contributed by atoms with E-state index in [1.807, 2.05) is 4.90 Å². The second kappa shape index (κ2) is 7.69. The van der Waals surface area contributed by atoms with E-state index in [1.165, 1.54) is 0 Å². The fraction of sp³-hybridized carbons (Fsp3) is 0.353. The molecule has 0 N–H and O–H groups in total. The minimum absolute atomic E-state index is 0.0164. The fourth-order valence-electron chi connectivity index (χ4n) is 2.73. The fourth-order valence-corrected chi connectivity index (χ4v) is 2.93. The van der Waals surface area contributed by atoms with Crippen LogP contribution in [0.3, 0.4) is 0 Å². The summed E-state index contributed by atoms with van der Waals surface area (Å²) >= 11 is 3.33. The molecule has 2 aromatic rings. The van der Waals surface area contributed by atoms with E-state index in [1.54, 1.807) is 44.8 Å². The van der Waals surface area contributed by atoms with Gasteiger partial charge < -0.3 is 19.3 Å². The third kappa shape index (κ3) is 3.84. The Hall–Kier alpha value is -2.35. The molecule has 1 fully saturated rings. The van der Waals surface area contributed by atoms with Crippen molar-refractivity contribution in [2.45, 2.75) is 0 Å². The van der Waals surface area contributed by atoms with Crippen LogP contribution in [0.25, 0.3) is 0 Å². The van der Waals surface area contributed by atoms with Crippen LogP contribution in [-0.2, 0) is 0 Å². The highest BCUT2D eigenvalue weighted by Crippen LogP contribution is 2.28. The first-order chi connectivity index (χ1) is 12.1. The third-order valence-corrected chi connectivity index (χ3v) is 4.50. The van der Waals surface area contributed by atoms with Crippen molar-refractivity contribution in [3.8, 4) is 11.5 Å². The Morgan fingerprint density at radius 2 is 1.68 bits per heavy atom. The van der Waals surface area contributed by atoms with Crippen molar-refractivity contribution in [3.05, 3.63) is 40.6 Å². The zero-order chi connectivity index (χ0) is 17.8. The van der Waals surface area contributed by atoms with Crippen LogP contribution in [0.2, 0.25) is 0 Å². The molecule has 1 amide bonds. The van der Waals surface area contributed by atoms with Gasteiger partial charge in [0, 0.05) is 44.1 Å². The van der Waals surface area contributed by atoms with Gasteiger partial charge in [-0.15, -0.1) is 0 Å². The van der Waals surface area contributed by atoms with Crippen molar-refractivity contribution in [3.63, 3.8) is 0 Å². The number of aromatic nitrogens is 2. The number of halogens is 1. The highest BCUT2D eigenvalue weighted by molar-refractivity contribution is 9.10. The minimum atomic E-state index is -0.0164. The number of nitrogens with zero attached hydrogens (tertiary/aromatic N) is 4. The van der Waals surface area contributed by atoms with Crippen LogP contribution in [0.4, 0.5) is 5.95 Å². The molecule has 0 atom stereocenters. The molecule has 25 heavy (non-hydrogen) atoms. The van der Waals surface area contributed by atoms with Crippen molar-refractivity contribution < 1.29 is 14.3 Å². The number of ether oxygens (including phenoxy) is 2. The summed E-state index contributed by atoms with van der Waals surface area (Å²) in [6.45, 7) is 2.63. The average molecular weight is 407 g/mol. The average Bonchev–Trinajstić information content (AvgIpc) is 2.67. The minimum Gasteiger partial charge on any atom is -0.493 e. The van der Waals surface area contributed by atoms with Gasteiger partial charge in [-0.25, -0.2) is 9.97 Å². The maximum Gasteiger partial charge on any atom is 0.254 e. The summed E-state index contributed by atoms with van der Waals surface area (Å²) in [5.41, 5.74) is 0.589. The largest absolute Gasteiger partial charge is 0.493 e. The maximum absolute atomic E-state index is 12.7. The van der Waals surface area contributed by atoms with Gasteiger partial charge in [0.05, 0.1) is 18.7 Å². The van der Waals surface area contributed by atoms with Gasteiger partial charge in [-0.3, -0.25) is 4.79 Å². The molecule has 1 saturated heterocycles. The summed E-state index contributed by atoms with van der Waals surface area (Å²) in [6, 6.07) is 5.22. The molecular formula is C17H19BrN4O3. The Bertz CT molecular complexity index is 746. The topological polar surface area (TPSA) is 67.8 Å². The summed E-state index contributed by atoms with van der Waals surface area (Å²) < 4.78 is 11.3. The number of carbonyl (C=O) groups excluding carboxylic acids is 1. The molecule has 7 nitrogen and oxygen atoms in total. The van der Waals surface area contributed by atoms with E-state index in [-0.39, 0.29) is 5.91 Å². The number of amides is 1. The number of carbonyl (C=O) groups is 1. The molecule has 3 rings (SSSR count). The van der Waals surface area contributed by atoms with Crippen LogP contribution >= 0.6 is 15.9 Å². The van der Waals surface area contributed by atoms with Gasteiger partial charge in [0.2, 0.25) is 5.95 Å². The molecule has 1 aliphatic rings. The number of hydrogen-bond donors (Lipinski definition) is 0. The smallest absolute Gasteiger partial charge is 0.254 e.